The van der Waals surface area contributed by atoms with E-state index in [0.717, 1.165) is 0 Å². The largest absolute Gasteiger partial charge is 0.466 e. The van der Waals surface area contributed by atoms with Gasteiger partial charge in [0.1, 0.15) is 0 Å². The molecule has 0 spiro atoms. The SMILES string of the molecule is COC(=O)C1=C(C(=O)OC)CC(O)OC1. The predicted molar refractivity (Wildman–Crippen MR) is 47.6 cm³/mol. The van der Waals surface area contributed by atoms with Gasteiger partial charge >= 0.3 is 11.9 Å². The number of aliphatic hydroxyl groups excluding tert-OH is 1. The van der Waals surface area contributed by atoms with E-state index in [4.69, 9.17) is 4.74 Å². The van der Waals surface area contributed by atoms with Crippen molar-refractivity contribution in [1.82, 2.24) is 0 Å². The number of ether oxygens (including phenoxy) is 3. The van der Waals surface area contributed by atoms with E-state index in [2.05, 4.69) is 9.47 Å². The summed E-state index contributed by atoms with van der Waals surface area (Å²) < 4.78 is 13.8. The minimum absolute atomic E-state index is 0.0723. The number of carbonyl (C=O) groups excluding carboxylic acids is 2. The van der Waals surface area contributed by atoms with Crippen LogP contribution in [-0.2, 0) is 23.8 Å². The van der Waals surface area contributed by atoms with E-state index in [1.165, 1.54) is 14.2 Å². The number of hydrogen-bond donors (Lipinski definition) is 1. The van der Waals surface area contributed by atoms with Crippen molar-refractivity contribution in [3.63, 3.8) is 0 Å². The maximum atomic E-state index is 11.3. The summed E-state index contributed by atoms with van der Waals surface area (Å²) in [6.07, 6.45) is -1.16. The summed E-state index contributed by atoms with van der Waals surface area (Å²) in [4.78, 5) is 22.5. The number of methoxy groups -OCH3 is 2. The van der Waals surface area contributed by atoms with Gasteiger partial charge in [0.15, 0.2) is 6.29 Å². The van der Waals surface area contributed by atoms with Gasteiger partial charge in [0.05, 0.1) is 32.0 Å². The quantitative estimate of drug-likeness (QED) is 0.619. The molecule has 0 bridgehead atoms. The van der Waals surface area contributed by atoms with Crippen LogP contribution in [0.5, 0.6) is 0 Å². The molecule has 1 rings (SSSR count). The highest BCUT2D eigenvalue weighted by Gasteiger charge is 2.29. The number of aliphatic hydroxyl groups is 1. The average Bonchev–Trinajstić information content (AvgIpc) is 2.26. The van der Waals surface area contributed by atoms with Gasteiger partial charge in [-0.15, -0.1) is 0 Å². The third-order valence-corrected chi connectivity index (χ3v) is 2.03. The predicted octanol–water partition coefficient (Wildman–Crippen LogP) is -0.632. The lowest BCUT2D eigenvalue weighted by Crippen LogP contribution is -2.29. The van der Waals surface area contributed by atoms with E-state index < -0.39 is 18.2 Å². The Balaban J connectivity index is 3.01. The number of rotatable bonds is 2. The van der Waals surface area contributed by atoms with Crippen molar-refractivity contribution in [3.8, 4) is 0 Å². The standard InChI is InChI=1S/C9H12O6/c1-13-8(11)5-3-7(10)15-4-6(5)9(12)14-2/h7,10H,3-4H2,1-2H3. The van der Waals surface area contributed by atoms with Gasteiger partial charge in [-0.25, -0.2) is 9.59 Å². The van der Waals surface area contributed by atoms with Crippen LogP contribution in [0.4, 0.5) is 0 Å². The molecular weight excluding hydrogens is 204 g/mol. The minimum atomic E-state index is -1.09. The van der Waals surface area contributed by atoms with Gasteiger partial charge in [-0.3, -0.25) is 0 Å². The highest BCUT2D eigenvalue weighted by molar-refractivity contribution is 6.00. The third-order valence-electron chi connectivity index (χ3n) is 2.03. The molecule has 1 atom stereocenters. The van der Waals surface area contributed by atoms with Crippen LogP contribution in [0.2, 0.25) is 0 Å². The lowest BCUT2D eigenvalue weighted by atomic mass is 10.0. The molecule has 0 fully saturated rings. The van der Waals surface area contributed by atoms with Crippen molar-refractivity contribution in [1.29, 1.82) is 0 Å². The Labute approximate surface area is 86.4 Å². The highest BCUT2D eigenvalue weighted by Crippen LogP contribution is 2.21. The van der Waals surface area contributed by atoms with Gasteiger partial charge in [-0.05, 0) is 0 Å². The molecule has 0 amide bonds. The third kappa shape index (κ3) is 2.54. The first-order chi connectivity index (χ1) is 7.10. The molecule has 0 aromatic carbocycles. The van der Waals surface area contributed by atoms with Crippen LogP contribution in [0.25, 0.3) is 0 Å². The van der Waals surface area contributed by atoms with Gasteiger partial charge < -0.3 is 19.3 Å². The molecule has 15 heavy (non-hydrogen) atoms. The molecule has 1 aliphatic heterocycles. The highest BCUT2D eigenvalue weighted by atomic mass is 16.6. The molecule has 0 aromatic heterocycles. The van der Waals surface area contributed by atoms with E-state index in [0.29, 0.717) is 0 Å². The van der Waals surface area contributed by atoms with E-state index >= 15 is 0 Å². The first kappa shape index (κ1) is 11.7. The molecule has 84 valence electrons. The van der Waals surface area contributed by atoms with Crippen LogP contribution >= 0.6 is 0 Å². The normalized spacial score (nSPS) is 21.1. The van der Waals surface area contributed by atoms with Gasteiger partial charge in [0, 0.05) is 6.42 Å². The second-order valence-electron chi connectivity index (χ2n) is 2.91. The first-order valence-corrected chi connectivity index (χ1v) is 4.28. The Hall–Kier alpha value is -1.40. The van der Waals surface area contributed by atoms with E-state index in [1.807, 2.05) is 0 Å². The van der Waals surface area contributed by atoms with Crippen molar-refractivity contribution in [3.05, 3.63) is 11.1 Å². The molecule has 0 aliphatic carbocycles. The topological polar surface area (TPSA) is 82.1 Å². The summed E-state index contributed by atoms with van der Waals surface area (Å²) in [6, 6.07) is 0. The number of esters is 2. The number of carbonyl (C=O) groups is 2. The summed E-state index contributed by atoms with van der Waals surface area (Å²) in [5, 5.41) is 9.18. The molecule has 6 heteroatoms. The van der Waals surface area contributed by atoms with Crippen molar-refractivity contribution in [2.45, 2.75) is 12.7 Å². The molecule has 6 nitrogen and oxygen atoms in total. The second-order valence-corrected chi connectivity index (χ2v) is 2.91. The fourth-order valence-electron chi connectivity index (χ4n) is 1.26. The molecule has 0 saturated carbocycles. The summed E-state index contributed by atoms with van der Waals surface area (Å²) in [5.41, 5.74) is 0.192. The summed E-state index contributed by atoms with van der Waals surface area (Å²) >= 11 is 0. The van der Waals surface area contributed by atoms with Crippen LogP contribution in [0.15, 0.2) is 11.1 Å². The summed E-state index contributed by atoms with van der Waals surface area (Å²) in [6.45, 7) is -0.154. The molecule has 0 radical (unpaired) electrons. The lowest BCUT2D eigenvalue weighted by molar-refractivity contribution is -0.146. The molecule has 1 N–H and O–H groups in total. The smallest absolute Gasteiger partial charge is 0.336 e. The van der Waals surface area contributed by atoms with Crippen LogP contribution in [0, 0.1) is 0 Å². The zero-order chi connectivity index (χ0) is 11.4. The van der Waals surface area contributed by atoms with Gasteiger partial charge in [0.2, 0.25) is 0 Å². The maximum Gasteiger partial charge on any atom is 0.336 e. The zero-order valence-corrected chi connectivity index (χ0v) is 8.48. The molecular formula is C9H12O6. The Morgan fingerprint density at radius 1 is 1.27 bits per heavy atom. The van der Waals surface area contributed by atoms with Crippen molar-refractivity contribution >= 4 is 11.9 Å². The van der Waals surface area contributed by atoms with Crippen LogP contribution in [0.1, 0.15) is 6.42 Å². The molecule has 1 heterocycles. The fraction of sp³-hybridized carbons (Fsp3) is 0.556. The van der Waals surface area contributed by atoms with Gasteiger partial charge in [-0.1, -0.05) is 0 Å². The maximum absolute atomic E-state index is 11.3. The average molecular weight is 216 g/mol. The van der Waals surface area contributed by atoms with Gasteiger partial charge in [-0.2, -0.15) is 0 Å². The van der Waals surface area contributed by atoms with Crippen molar-refractivity contribution in [2.24, 2.45) is 0 Å². The minimum Gasteiger partial charge on any atom is -0.466 e. The Morgan fingerprint density at radius 2 is 1.80 bits per heavy atom. The van der Waals surface area contributed by atoms with E-state index in [-0.39, 0.29) is 24.2 Å². The first-order valence-electron chi connectivity index (χ1n) is 4.28. The van der Waals surface area contributed by atoms with Crippen molar-refractivity contribution < 1.29 is 28.9 Å². The van der Waals surface area contributed by atoms with E-state index in [9.17, 15) is 14.7 Å². The van der Waals surface area contributed by atoms with Gasteiger partial charge in [0.25, 0.3) is 0 Å². The molecule has 1 unspecified atom stereocenters. The van der Waals surface area contributed by atoms with Crippen LogP contribution < -0.4 is 0 Å². The monoisotopic (exact) mass is 216 g/mol. The van der Waals surface area contributed by atoms with Crippen molar-refractivity contribution in [2.75, 3.05) is 20.8 Å². The summed E-state index contributed by atoms with van der Waals surface area (Å²) in [7, 11) is 2.40. The second kappa shape index (κ2) is 4.90. The van der Waals surface area contributed by atoms with E-state index in [1.54, 1.807) is 0 Å². The Kier molecular flexibility index (Phi) is 3.81. The molecule has 0 aromatic rings. The lowest BCUT2D eigenvalue weighted by Gasteiger charge is -2.21. The fourth-order valence-corrected chi connectivity index (χ4v) is 1.26. The zero-order valence-electron chi connectivity index (χ0n) is 8.48. The molecule has 0 saturated heterocycles. The molecule has 1 aliphatic rings. The van der Waals surface area contributed by atoms with Crippen LogP contribution in [-0.4, -0.2) is 44.2 Å². The summed E-state index contributed by atoms with van der Waals surface area (Å²) in [5.74, 6) is -1.31. The number of hydrogen-bond acceptors (Lipinski definition) is 6. The van der Waals surface area contributed by atoms with Crippen LogP contribution in [0.3, 0.4) is 0 Å². The Bertz CT molecular complexity index is 306. The Morgan fingerprint density at radius 3 is 2.33 bits per heavy atom.